The highest BCUT2D eigenvalue weighted by Crippen LogP contribution is 2.14. The number of carbonyl (C=O) groups is 3. The summed E-state index contributed by atoms with van der Waals surface area (Å²) in [7, 11) is 0. The fraction of sp³-hybridized carbons (Fsp3) is 0.800. The van der Waals surface area contributed by atoms with Gasteiger partial charge in [0, 0.05) is 13.5 Å². The lowest BCUT2D eigenvalue weighted by molar-refractivity contribution is -0.139. The highest BCUT2D eigenvalue weighted by Gasteiger charge is 2.32. The van der Waals surface area contributed by atoms with Gasteiger partial charge in [0.2, 0.25) is 5.91 Å². The van der Waals surface area contributed by atoms with Gasteiger partial charge in [-0.15, -0.1) is 0 Å². The van der Waals surface area contributed by atoms with Crippen molar-refractivity contribution in [3.05, 3.63) is 0 Å². The van der Waals surface area contributed by atoms with Gasteiger partial charge in [-0.1, -0.05) is 5.06 Å². The molecule has 8 heteroatoms. The molecule has 8 nitrogen and oxygen atoms in total. The Morgan fingerprint density at radius 3 is 1.70 bits per heavy atom. The molecule has 0 aliphatic rings. The Morgan fingerprint density at radius 1 is 0.913 bits per heavy atom. The van der Waals surface area contributed by atoms with Crippen molar-refractivity contribution in [2.45, 2.75) is 66.1 Å². The van der Waals surface area contributed by atoms with Gasteiger partial charge in [0.1, 0.15) is 11.2 Å². The van der Waals surface area contributed by atoms with Crippen molar-refractivity contribution in [2.24, 2.45) is 0 Å². The summed E-state index contributed by atoms with van der Waals surface area (Å²) in [5.41, 5.74) is -1.56. The predicted octanol–water partition coefficient (Wildman–Crippen LogP) is 2.62. The maximum Gasteiger partial charge on any atom is 0.444 e. The van der Waals surface area contributed by atoms with E-state index in [-0.39, 0.29) is 12.5 Å². The first kappa shape index (κ1) is 21.2. The second-order valence-electron chi connectivity index (χ2n) is 6.92. The van der Waals surface area contributed by atoms with E-state index in [1.54, 1.807) is 41.5 Å². The van der Waals surface area contributed by atoms with E-state index in [4.69, 9.17) is 14.3 Å². The fourth-order valence-electron chi connectivity index (χ4n) is 1.28. The highest BCUT2D eigenvalue weighted by molar-refractivity contribution is 5.86. The molecule has 0 aromatic rings. The summed E-state index contributed by atoms with van der Waals surface area (Å²) >= 11 is 0. The Morgan fingerprint density at radius 2 is 1.35 bits per heavy atom. The molecular formula is C15H28N2O6. The van der Waals surface area contributed by atoms with Crippen molar-refractivity contribution in [1.82, 2.24) is 10.4 Å². The van der Waals surface area contributed by atoms with E-state index >= 15 is 0 Å². The number of hydroxylamine groups is 2. The van der Waals surface area contributed by atoms with Crippen LogP contribution in [0.3, 0.4) is 0 Å². The van der Waals surface area contributed by atoms with Crippen LogP contribution in [0.15, 0.2) is 0 Å². The van der Waals surface area contributed by atoms with Crippen LogP contribution in [0.25, 0.3) is 0 Å². The zero-order chi connectivity index (χ0) is 18.3. The van der Waals surface area contributed by atoms with Crippen LogP contribution < -0.4 is 5.32 Å². The molecule has 0 saturated heterocycles. The topological polar surface area (TPSA) is 94.2 Å². The van der Waals surface area contributed by atoms with Gasteiger partial charge in [-0.25, -0.2) is 9.59 Å². The molecule has 0 unspecified atom stereocenters. The third kappa shape index (κ3) is 11.4. The Kier molecular flexibility index (Phi) is 8.02. The molecule has 0 aromatic heterocycles. The average molecular weight is 332 g/mol. The predicted molar refractivity (Wildman–Crippen MR) is 83.6 cm³/mol. The quantitative estimate of drug-likeness (QED) is 0.614. The SMILES string of the molecule is CC(=O)NCCCON(C(=O)OC(C)(C)C)C(=O)OC(C)(C)C. The van der Waals surface area contributed by atoms with Gasteiger partial charge < -0.3 is 14.8 Å². The number of hydrogen-bond donors (Lipinski definition) is 1. The molecule has 0 aliphatic heterocycles. The molecule has 1 N–H and O–H groups in total. The van der Waals surface area contributed by atoms with Crippen LogP contribution >= 0.6 is 0 Å². The van der Waals surface area contributed by atoms with Crippen LogP contribution in [0.5, 0.6) is 0 Å². The van der Waals surface area contributed by atoms with Crippen molar-refractivity contribution >= 4 is 18.1 Å². The normalized spacial score (nSPS) is 11.6. The largest absolute Gasteiger partial charge is 0.444 e. The molecule has 0 heterocycles. The summed E-state index contributed by atoms with van der Waals surface area (Å²) in [6.07, 6.45) is -1.49. The minimum atomic E-state index is -0.953. The lowest BCUT2D eigenvalue weighted by Gasteiger charge is -2.27. The van der Waals surface area contributed by atoms with Crippen LogP contribution in [0, 0.1) is 0 Å². The summed E-state index contributed by atoms with van der Waals surface area (Å²) in [6, 6.07) is 0. The Labute approximate surface area is 137 Å². The standard InChI is InChI=1S/C15H28N2O6/c1-11(18)16-9-8-10-21-17(12(19)22-14(2,3)4)13(20)23-15(5,6)7/h8-10H2,1-7H3,(H,16,18). The average Bonchev–Trinajstić information content (AvgIpc) is 2.28. The number of hydrogen-bond acceptors (Lipinski definition) is 6. The van der Waals surface area contributed by atoms with Crippen molar-refractivity contribution < 1.29 is 28.7 Å². The molecule has 23 heavy (non-hydrogen) atoms. The molecule has 134 valence electrons. The van der Waals surface area contributed by atoms with Gasteiger partial charge in [0.25, 0.3) is 0 Å². The summed E-state index contributed by atoms with van der Waals surface area (Å²) in [5, 5.41) is 3.05. The third-order valence-corrected chi connectivity index (χ3v) is 2.03. The van der Waals surface area contributed by atoms with E-state index in [0.29, 0.717) is 18.0 Å². The molecule has 0 rings (SSSR count). The first-order valence-electron chi connectivity index (χ1n) is 7.45. The Balaban J connectivity index is 4.70. The summed E-state index contributed by atoms with van der Waals surface area (Å²) in [4.78, 5) is 40.1. The molecular weight excluding hydrogens is 304 g/mol. The van der Waals surface area contributed by atoms with Crippen molar-refractivity contribution in [3.63, 3.8) is 0 Å². The molecule has 0 aliphatic carbocycles. The summed E-state index contributed by atoms with van der Waals surface area (Å²) in [5.74, 6) is -0.166. The number of imide groups is 1. The molecule has 3 amide bonds. The maximum absolute atomic E-state index is 12.1. The molecule has 0 aromatic carbocycles. The van der Waals surface area contributed by atoms with Crippen molar-refractivity contribution in [3.8, 4) is 0 Å². The van der Waals surface area contributed by atoms with E-state index in [1.165, 1.54) is 6.92 Å². The molecule has 0 spiro atoms. The molecule has 0 radical (unpaired) electrons. The first-order valence-corrected chi connectivity index (χ1v) is 7.45. The molecule has 0 fully saturated rings. The smallest absolute Gasteiger partial charge is 0.442 e. The molecule has 0 atom stereocenters. The fourth-order valence-corrected chi connectivity index (χ4v) is 1.28. The lowest BCUT2D eigenvalue weighted by atomic mass is 10.2. The van der Waals surface area contributed by atoms with E-state index < -0.39 is 23.4 Å². The Bertz CT molecular complexity index is 395. The Hall–Kier alpha value is -1.83. The second-order valence-corrected chi connectivity index (χ2v) is 6.92. The third-order valence-electron chi connectivity index (χ3n) is 2.03. The number of amides is 3. The minimum absolute atomic E-state index is 0.0404. The van der Waals surface area contributed by atoms with Crippen LogP contribution in [-0.4, -0.2) is 47.5 Å². The van der Waals surface area contributed by atoms with Crippen LogP contribution in [-0.2, 0) is 19.1 Å². The van der Waals surface area contributed by atoms with Gasteiger partial charge in [0.05, 0.1) is 6.61 Å². The van der Waals surface area contributed by atoms with Gasteiger partial charge in [-0.05, 0) is 48.0 Å². The van der Waals surface area contributed by atoms with E-state index in [9.17, 15) is 14.4 Å². The van der Waals surface area contributed by atoms with Gasteiger partial charge in [-0.3, -0.25) is 9.63 Å². The van der Waals surface area contributed by atoms with E-state index in [0.717, 1.165) is 0 Å². The van der Waals surface area contributed by atoms with Gasteiger partial charge in [0.15, 0.2) is 0 Å². The number of ether oxygens (including phenoxy) is 2. The number of nitrogens with zero attached hydrogens (tertiary/aromatic N) is 1. The lowest BCUT2D eigenvalue weighted by Crippen LogP contribution is -2.43. The van der Waals surface area contributed by atoms with E-state index in [1.807, 2.05) is 0 Å². The van der Waals surface area contributed by atoms with Gasteiger partial charge in [-0.2, -0.15) is 0 Å². The molecule has 0 bridgehead atoms. The zero-order valence-electron chi connectivity index (χ0n) is 15.0. The monoisotopic (exact) mass is 332 g/mol. The molecule has 0 saturated carbocycles. The summed E-state index contributed by atoms with van der Waals surface area (Å²) in [6.45, 7) is 11.9. The maximum atomic E-state index is 12.1. The van der Waals surface area contributed by atoms with Crippen LogP contribution in [0.2, 0.25) is 0 Å². The number of nitrogens with one attached hydrogen (secondary N) is 1. The second kappa shape index (κ2) is 8.71. The van der Waals surface area contributed by atoms with E-state index in [2.05, 4.69) is 5.32 Å². The summed E-state index contributed by atoms with van der Waals surface area (Å²) < 4.78 is 10.2. The van der Waals surface area contributed by atoms with Gasteiger partial charge >= 0.3 is 12.2 Å². The number of rotatable bonds is 5. The minimum Gasteiger partial charge on any atom is -0.442 e. The first-order chi connectivity index (χ1) is 10.3. The van der Waals surface area contributed by atoms with Crippen LogP contribution in [0.1, 0.15) is 54.9 Å². The van der Waals surface area contributed by atoms with Crippen LogP contribution in [0.4, 0.5) is 9.59 Å². The van der Waals surface area contributed by atoms with Crippen molar-refractivity contribution in [2.75, 3.05) is 13.2 Å². The zero-order valence-corrected chi connectivity index (χ0v) is 15.0. The van der Waals surface area contributed by atoms with Crippen molar-refractivity contribution in [1.29, 1.82) is 0 Å². The highest BCUT2D eigenvalue weighted by atomic mass is 16.8. The number of carbonyl (C=O) groups excluding carboxylic acids is 3.